The van der Waals surface area contributed by atoms with Gasteiger partial charge in [-0.25, -0.2) is 4.39 Å². The second-order valence-electron chi connectivity index (χ2n) is 5.84. The van der Waals surface area contributed by atoms with Gasteiger partial charge in [-0.15, -0.1) is 0 Å². The molecule has 0 spiro atoms. The van der Waals surface area contributed by atoms with E-state index in [1.807, 2.05) is 6.92 Å². The van der Waals surface area contributed by atoms with E-state index in [9.17, 15) is 9.18 Å². The number of rotatable bonds is 5. The first-order valence-electron chi connectivity index (χ1n) is 7.34. The second-order valence-corrected chi connectivity index (χ2v) is 5.84. The maximum Gasteiger partial charge on any atom is 0.232 e. The average molecular weight is 278 g/mol. The summed E-state index contributed by atoms with van der Waals surface area (Å²) < 4.78 is 13.1. The van der Waals surface area contributed by atoms with Crippen LogP contribution in [0.5, 0.6) is 0 Å². The van der Waals surface area contributed by atoms with E-state index in [2.05, 4.69) is 0 Å². The first-order valence-corrected chi connectivity index (χ1v) is 7.34. The fourth-order valence-electron chi connectivity index (χ4n) is 2.91. The summed E-state index contributed by atoms with van der Waals surface area (Å²) in [5.74, 6) is -0.137. The Morgan fingerprint density at radius 2 is 1.90 bits per heavy atom. The zero-order valence-corrected chi connectivity index (χ0v) is 12.1. The minimum atomic E-state index is -0.285. The Morgan fingerprint density at radius 1 is 1.30 bits per heavy atom. The van der Waals surface area contributed by atoms with Crippen LogP contribution >= 0.6 is 0 Å². The summed E-state index contributed by atoms with van der Waals surface area (Å²) in [4.78, 5) is 14.6. The summed E-state index contributed by atoms with van der Waals surface area (Å²) in [5.41, 5.74) is 6.05. The zero-order chi connectivity index (χ0) is 14.6. The summed E-state index contributed by atoms with van der Waals surface area (Å²) in [6, 6.07) is 6.13. The molecule has 0 aliphatic heterocycles. The largest absolute Gasteiger partial charge is 0.330 e. The molecule has 0 radical (unpaired) electrons. The third-order valence-corrected chi connectivity index (χ3v) is 4.19. The Labute approximate surface area is 120 Å². The normalized spacial score (nSPS) is 17.1. The van der Waals surface area contributed by atoms with Crippen molar-refractivity contribution in [1.82, 2.24) is 0 Å². The average Bonchev–Trinajstić information content (AvgIpc) is 2.89. The second kappa shape index (κ2) is 6.35. The molecule has 0 bridgehead atoms. The van der Waals surface area contributed by atoms with Gasteiger partial charge in [0, 0.05) is 17.6 Å². The first-order chi connectivity index (χ1) is 9.57. The van der Waals surface area contributed by atoms with Crippen LogP contribution in [0.1, 0.15) is 39.0 Å². The lowest BCUT2D eigenvalue weighted by Crippen LogP contribution is -2.42. The van der Waals surface area contributed by atoms with Crippen molar-refractivity contribution >= 4 is 11.6 Å². The van der Waals surface area contributed by atoms with E-state index in [0.29, 0.717) is 13.1 Å². The van der Waals surface area contributed by atoms with E-state index in [0.717, 1.165) is 37.8 Å². The lowest BCUT2D eigenvalue weighted by atomic mass is 9.87. The fraction of sp³-hybridized carbons (Fsp3) is 0.562. The highest BCUT2D eigenvalue weighted by atomic mass is 19.1. The number of hydrogen-bond donors (Lipinski definition) is 1. The number of carbonyl (C=O) groups excluding carboxylic acids is 1. The molecule has 0 aromatic heterocycles. The number of nitrogens with two attached hydrogens (primary N) is 1. The van der Waals surface area contributed by atoms with Gasteiger partial charge in [-0.2, -0.15) is 0 Å². The summed E-state index contributed by atoms with van der Waals surface area (Å²) in [6.45, 7) is 3.18. The van der Waals surface area contributed by atoms with E-state index in [4.69, 9.17) is 5.73 Å². The van der Waals surface area contributed by atoms with Crippen molar-refractivity contribution in [1.29, 1.82) is 0 Å². The van der Waals surface area contributed by atoms with Gasteiger partial charge in [0.2, 0.25) is 5.91 Å². The molecule has 2 N–H and O–H groups in total. The van der Waals surface area contributed by atoms with Crippen LogP contribution in [0.4, 0.5) is 10.1 Å². The lowest BCUT2D eigenvalue weighted by Gasteiger charge is -2.32. The maximum absolute atomic E-state index is 13.1. The van der Waals surface area contributed by atoms with E-state index in [1.54, 1.807) is 17.0 Å². The van der Waals surface area contributed by atoms with Crippen molar-refractivity contribution in [3.63, 3.8) is 0 Å². The molecular weight excluding hydrogens is 255 g/mol. The number of amides is 1. The third-order valence-electron chi connectivity index (χ3n) is 4.19. The third kappa shape index (κ3) is 3.18. The minimum absolute atomic E-state index is 0.148. The van der Waals surface area contributed by atoms with Gasteiger partial charge in [0.1, 0.15) is 5.82 Å². The minimum Gasteiger partial charge on any atom is -0.330 e. The van der Waals surface area contributed by atoms with Crippen LogP contribution in [0.25, 0.3) is 0 Å². The molecule has 0 unspecified atom stereocenters. The first kappa shape index (κ1) is 15.0. The molecule has 110 valence electrons. The van der Waals surface area contributed by atoms with Crippen molar-refractivity contribution < 1.29 is 9.18 Å². The van der Waals surface area contributed by atoms with Crippen molar-refractivity contribution in [2.75, 3.05) is 18.0 Å². The topological polar surface area (TPSA) is 46.3 Å². The summed E-state index contributed by atoms with van der Waals surface area (Å²) in [6.07, 6.45) is 4.84. The van der Waals surface area contributed by atoms with E-state index < -0.39 is 0 Å². The Kier molecular flexibility index (Phi) is 4.76. The zero-order valence-electron chi connectivity index (χ0n) is 12.1. The molecule has 2 rings (SSSR count). The van der Waals surface area contributed by atoms with Gasteiger partial charge >= 0.3 is 0 Å². The molecule has 0 saturated heterocycles. The maximum atomic E-state index is 13.1. The molecule has 1 aromatic carbocycles. The van der Waals surface area contributed by atoms with Crippen LogP contribution in [-0.4, -0.2) is 19.0 Å². The monoisotopic (exact) mass is 278 g/mol. The standard InChI is InChI=1S/C16H23FN2O/c1-16(9-2-3-10-16)15(20)19(12-4-11-18)14-7-5-13(17)6-8-14/h5-8H,2-4,9-12,18H2,1H3. The van der Waals surface area contributed by atoms with E-state index in [-0.39, 0.29) is 17.1 Å². The molecular formula is C16H23FN2O. The predicted octanol–water partition coefficient (Wildman–Crippen LogP) is 3.09. The van der Waals surface area contributed by atoms with E-state index in [1.165, 1.54) is 12.1 Å². The number of carbonyl (C=O) groups is 1. The number of benzene rings is 1. The van der Waals surface area contributed by atoms with Gasteiger partial charge < -0.3 is 10.6 Å². The molecule has 1 saturated carbocycles. The number of halogens is 1. The van der Waals surface area contributed by atoms with Gasteiger partial charge in [0.05, 0.1) is 0 Å². The molecule has 1 aliphatic rings. The predicted molar refractivity (Wildman–Crippen MR) is 79.0 cm³/mol. The highest BCUT2D eigenvalue weighted by Gasteiger charge is 2.39. The Bertz CT molecular complexity index is 452. The smallest absolute Gasteiger partial charge is 0.232 e. The summed E-state index contributed by atoms with van der Waals surface area (Å²) >= 11 is 0. The number of hydrogen-bond acceptors (Lipinski definition) is 2. The quantitative estimate of drug-likeness (QED) is 0.899. The molecule has 20 heavy (non-hydrogen) atoms. The molecule has 1 amide bonds. The van der Waals surface area contributed by atoms with Gasteiger partial charge in [-0.1, -0.05) is 19.8 Å². The van der Waals surface area contributed by atoms with Crippen LogP contribution in [0, 0.1) is 11.2 Å². The van der Waals surface area contributed by atoms with Crippen LogP contribution in [0.2, 0.25) is 0 Å². The van der Waals surface area contributed by atoms with Crippen LogP contribution < -0.4 is 10.6 Å². The summed E-state index contributed by atoms with van der Waals surface area (Å²) in [7, 11) is 0. The number of nitrogens with zero attached hydrogens (tertiary/aromatic N) is 1. The highest BCUT2D eigenvalue weighted by Crippen LogP contribution is 2.40. The van der Waals surface area contributed by atoms with Gasteiger partial charge in [-0.05, 0) is 50.1 Å². The molecule has 0 atom stereocenters. The Balaban J connectivity index is 2.22. The van der Waals surface area contributed by atoms with Crippen molar-refractivity contribution in [2.24, 2.45) is 11.1 Å². The van der Waals surface area contributed by atoms with Gasteiger partial charge in [0.25, 0.3) is 0 Å². The lowest BCUT2D eigenvalue weighted by molar-refractivity contribution is -0.127. The molecule has 4 heteroatoms. The summed E-state index contributed by atoms with van der Waals surface area (Å²) in [5, 5.41) is 0. The Morgan fingerprint density at radius 3 is 2.45 bits per heavy atom. The fourth-order valence-corrected chi connectivity index (χ4v) is 2.91. The van der Waals surface area contributed by atoms with Gasteiger partial charge in [0.15, 0.2) is 0 Å². The van der Waals surface area contributed by atoms with Crippen molar-refractivity contribution in [2.45, 2.75) is 39.0 Å². The SMILES string of the molecule is CC1(C(=O)N(CCCN)c2ccc(F)cc2)CCCC1. The van der Waals surface area contributed by atoms with E-state index >= 15 is 0 Å². The van der Waals surface area contributed by atoms with Crippen molar-refractivity contribution in [3.8, 4) is 0 Å². The van der Waals surface area contributed by atoms with Crippen molar-refractivity contribution in [3.05, 3.63) is 30.1 Å². The molecule has 3 nitrogen and oxygen atoms in total. The van der Waals surface area contributed by atoms with Crippen LogP contribution in [-0.2, 0) is 4.79 Å². The van der Waals surface area contributed by atoms with Crippen LogP contribution in [0.3, 0.4) is 0 Å². The van der Waals surface area contributed by atoms with Gasteiger partial charge in [-0.3, -0.25) is 4.79 Å². The number of anilines is 1. The molecule has 0 heterocycles. The molecule has 1 fully saturated rings. The van der Waals surface area contributed by atoms with Crippen LogP contribution in [0.15, 0.2) is 24.3 Å². The molecule has 1 aromatic rings. The Hall–Kier alpha value is -1.42. The highest BCUT2D eigenvalue weighted by molar-refractivity contribution is 5.97. The molecule has 1 aliphatic carbocycles.